The number of nitrogens with zero attached hydrogens (tertiary/aromatic N) is 2. The lowest BCUT2D eigenvalue weighted by molar-refractivity contribution is 0.101. The number of pyridine rings is 1. The predicted molar refractivity (Wildman–Crippen MR) is 114 cm³/mol. The summed E-state index contributed by atoms with van der Waals surface area (Å²) in [6.45, 7) is 2.66. The molecule has 0 saturated carbocycles. The van der Waals surface area contributed by atoms with Gasteiger partial charge >= 0.3 is 0 Å². The Morgan fingerprint density at radius 1 is 1.23 bits per heavy atom. The Kier molecular flexibility index (Phi) is 6.13. The third kappa shape index (κ3) is 4.83. The van der Waals surface area contributed by atoms with Gasteiger partial charge in [0.2, 0.25) is 5.88 Å². The number of anilines is 1. The molecule has 3 aromatic rings. The largest absolute Gasteiger partial charge is 0.472 e. The van der Waals surface area contributed by atoms with Crippen molar-refractivity contribution in [2.45, 2.75) is 26.1 Å². The van der Waals surface area contributed by atoms with Gasteiger partial charge in [0.05, 0.1) is 18.7 Å². The molecule has 1 aromatic heterocycles. The lowest BCUT2D eigenvalue weighted by atomic mass is 10.1. The van der Waals surface area contributed by atoms with Crippen molar-refractivity contribution < 1.29 is 23.8 Å². The summed E-state index contributed by atoms with van der Waals surface area (Å²) in [7, 11) is 0. The van der Waals surface area contributed by atoms with Gasteiger partial charge in [-0.2, -0.15) is 0 Å². The maximum absolute atomic E-state index is 13.5. The Labute approximate surface area is 179 Å². The first-order valence-electron chi connectivity index (χ1n) is 10.1. The maximum Gasteiger partial charge on any atom is 0.213 e. The van der Waals surface area contributed by atoms with Crippen molar-refractivity contribution in [1.82, 2.24) is 4.98 Å². The molecule has 2 aromatic carbocycles. The highest BCUT2D eigenvalue weighted by Crippen LogP contribution is 2.33. The van der Waals surface area contributed by atoms with Crippen LogP contribution in [-0.2, 0) is 6.61 Å². The number of Topliss-reactive ketones (excluding diaryl/α,β-unsaturated/α-hetero) is 1. The van der Waals surface area contributed by atoms with Crippen molar-refractivity contribution >= 4 is 11.5 Å². The molecule has 1 aliphatic heterocycles. The molecule has 1 atom stereocenters. The maximum atomic E-state index is 13.5. The Morgan fingerprint density at radius 2 is 2.10 bits per heavy atom. The van der Waals surface area contributed by atoms with Gasteiger partial charge in [-0.3, -0.25) is 4.79 Å². The molecule has 1 saturated heterocycles. The van der Waals surface area contributed by atoms with Gasteiger partial charge in [-0.05, 0) is 49.4 Å². The van der Waals surface area contributed by atoms with E-state index in [1.807, 2.05) is 24.3 Å². The van der Waals surface area contributed by atoms with Crippen LogP contribution in [-0.4, -0.2) is 35.1 Å². The van der Waals surface area contributed by atoms with Crippen molar-refractivity contribution in [1.29, 1.82) is 0 Å². The quantitative estimate of drug-likeness (QED) is 0.571. The number of aliphatic hydroxyl groups is 1. The number of carbonyl (C=O) groups excluding carboxylic acids is 1. The Balaban J connectivity index is 1.50. The van der Waals surface area contributed by atoms with Crippen molar-refractivity contribution in [2.75, 3.05) is 18.0 Å². The van der Waals surface area contributed by atoms with Crippen LogP contribution in [0, 0.1) is 5.82 Å². The number of ketones is 1. The summed E-state index contributed by atoms with van der Waals surface area (Å²) in [6, 6.07) is 14.8. The molecular weight excluding hydrogens is 399 g/mol. The third-order valence-electron chi connectivity index (χ3n) is 5.18. The van der Waals surface area contributed by atoms with E-state index in [4.69, 9.17) is 9.47 Å². The lowest BCUT2D eigenvalue weighted by Gasteiger charge is -2.22. The molecular formula is C24H23FN2O4. The van der Waals surface area contributed by atoms with Crippen molar-refractivity contribution in [2.24, 2.45) is 0 Å². The number of rotatable bonds is 7. The third-order valence-corrected chi connectivity index (χ3v) is 5.18. The molecule has 0 amide bonds. The molecule has 6 nitrogen and oxygen atoms in total. The molecule has 1 N–H and O–H groups in total. The van der Waals surface area contributed by atoms with Crippen LogP contribution in [0.1, 0.15) is 29.3 Å². The van der Waals surface area contributed by atoms with E-state index >= 15 is 0 Å². The molecule has 2 heterocycles. The second-order valence-electron chi connectivity index (χ2n) is 7.39. The summed E-state index contributed by atoms with van der Waals surface area (Å²) < 4.78 is 25.3. The topological polar surface area (TPSA) is 71.9 Å². The molecule has 160 valence electrons. The molecule has 0 spiro atoms. The fourth-order valence-electron chi connectivity index (χ4n) is 3.68. The zero-order valence-electron chi connectivity index (χ0n) is 17.1. The zero-order valence-corrected chi connectivity index (χ0v) is 17.1. The van der Waals surface area contributed by atoms with Crippen LogP contribution in [0.3, 0.4) is 0 Å². The highest BCUT2D eigenvalue weighted by Gasteiger charge is 2.26. The van der Waals surface area contributed by atoms with Crippen LogP contribution in [0.2, 0.25) is 0 Å². The molecule has 1 fully saturated rings. The number of ether oxygens (including phenoxy) is 2. The average molecular weight is 422 g/mol. The van der Waals surface area contributed by atoms with Crippen LogP contribution >= 0.6 is 0 Å². The van der Waals surface area contributed by atoms with E-state index in [2.05, 4.69) is 9.88 Å². The smallest absolute Gasteiger partial charge is 0.213 e. The summed E-state index contributed by atoms with van der Waals surface area (Å²) in [5.74, 6) is 0.545. The van der Waals surface area contributed by atoms with Gasteiger partial charge in [-0.1, -0.05) is 6.07 Å². The Morgan fingerprint density at radius 3 is 2.84 bits per heavy atom. The standard InChI is InChI=1S/C24H23FN2O4/c1-16(29)21-13-18(25)5-8-23(21)30-19-6-7-22(17(12-19)15-28)27-11-9-20(14-27)31-24-4-2-3-10-26-24/h2-8,10,12-13,20,28H,9,11,14-15H2,1H3/t20-/m0/s1. The second kappa shape index (κ2) is 9.14. The lowest BCUT2D eigenvalue weighted by Crippen LogP contribution is -2.25. The van der Waals surface area contributed by atoms with Crippen molar-refractivity contribution in [3.05, 3.63) is 77.7 Å². The van der Waals surface area contributed by atoms with E-state index in [0.29, 0.717) is 23.7 Å². The normalized spacial score (nSPS) is 15.7. The highest BCUT2D eigenvalue weighted by molar-refractivity contribution is 5.96. The van der Waals surface area contributed by atoms with E-state index < -0.39 is 5.82 Å². The van der Waals surface area contributed by atoms with Gasteiger partial charge in [0, 0.05) is 36.5 Å². The minimum absolute atomic E-state index is 0.00899. The number of benzene rings is 2. The van der Waals surface area contributed by atoms with Crippen molar-refractivity contribution in [3.63, 3.8) is 0 Å². The number of hydrogen-bond acceptors (Lipinski definition) is 6. The summed E-state index contributed by atoms with van der Waals surface area (Å²) in [5, 5.41) is 9.92. The monoisotopic (exact) mass is 422 g/mol. The minimum Gasteiger partial charge on any atom is -0.472 e. The van der Waals surface area contributed by atoms with E-state index in [-0.39, 0.29) is 29.8 Å². The molecule has 0 unspecified atom stereocenters. The van der Waals surface area contributed by atoms with Crippen LogP contribution in [0.4, 0.5) is 10.1 Å². The van der Waals surface area contributed by atoms with Crippen LogP contribution < -0.4 is 14.4 Å². The van der Waals surface area contributed by atoms with Gasteiger partial charge < -0.3 is 19.5 Å². The molecule has 4 rings (SSSR count). The van der Waals surface area contributed by atoms with Gasteiger partial charge in [0.25, 0.3) is 0 Å². The first-order valence-corrected chi connectivity index (χ1v) is 10.1. The van der Waals surface area contributed by atoms with Crippen LogP contribution in [0.15, 0.2) is 60.8 Å². The SMILES string of the molecule is CC(=O)c1cc(F)ccc1Oc1ccc(N2CC[C@H](Oc3ccccn3)C2)c(CO)c1. The van der Waals surface area contributed by atoms with E-state index in [9.17, 15) is 14.3 Å². The zero-order chi connectivity index (χ0) is 21.8. The summed E-state index contributed by atoms with van der Waals surface area (Å²) in [4.78, 5) is 18.2. The molecule has 1 aliphatic rings. The predicted octanol–water partition coefficient (Wildman–Crippen LogP) is 4.37. The summed E-state index contributed by atoms with van der Waals surface area (Å²) in [5.41, 5.74) is 1.76. The summed E-state index contributed by atoms with van der Waals surface area (Å²) in [6.07, 6.45) is 2.55. The van der Waals surface area contributed by atoms with Gasteiger partial charge in [0.1, 0.15) is 23.4 Å². The second-order valence-corrected chi connectivity index (χ2v) is 7.39. The number of hydrogen-bond donors (Lipinski definition) is 1. The van der Waals surface area contributed by atoms with Gasteiger partial charge in [-0.25, -0.2) is 9.37 Å². The molecule has 0 aliphatic carbocycles. The van der Waals surface area contributed by atoms with E-state index in [1.54, 1.807) is 18.3 Å². The first-order chi connectivity index (χ1) is 15.0. The number of halogens is 1. The van der Waals surface area contributed by atoms with E-state index in [1.165, 1.54) is 19.1 Å². The molecule has 7 heteroatoms. The Bertz CT molecular complexity index is 1070. The number of carbonyl (C=O) groups is 1. The number of aliphatic hydroxyl groups excluding tert-OH is 1. The van der Waals surface area contributed by atoms with Gasteiger partial charge in [-0.15, -0.1) is 0 Å². The Hall–Kier alpha value is -3.45. The summed E-state index contributed by atoms with van der Waals surface area (Å²) >= 11 is 0. The minimum atomic E-state index is -0.500. The van der Waals surface area contributed by atoms with Crippen molar-refractivity contribution in [3.8, 4) is 17.4 Å². The van der Waals surface area contributed by atoms with Crippen LogP contribution in [0.25, 0.3) is 0 Å². The first kappa shape index (κ1) is 20.8. The van der Waals surface area contributed by atoms with E-state index in [0.717, 1.165) is 24.7 Å². The molecule has 31 heavy (non-hydrogen) atoms. The van der Waals surface area contributed by atoms with Crippen LogP contribution in [0.5, 0.6) is 17.4 Å². The molecule has 0 radical (unpaired) electrons. The fourth-order valence-corrected chi connectivity index (χ4v) is 3.68. The fraction of sp³-hybridized carbons (Fsp3) is 0.250. The number of aromatic nitrogens is 1. The highest BCUT2D eigenvalue weighted by atomic mass is 19.1. The molecule has 0 bridgehead atoms. The average Bonchev–Trinajstić information content (AvgIpc) is 3.23. The van der Waals surface area contributed by atoms with Gasteiger partial charge in [0.15, 0.2) is 5.78 Å².